The number of hydrogen-bond donors (Lipinski definition) is 1. The lowest BCUT2D eigenvalue weighted by Gasteiger charge is -2.12. The Bertz CT molecular complexity index is 1280. The normalized spacial score (nSPS) is 11.3. The molecule has 1 amide bonds. The smallest absolute Gasteiger partial charge is 0.324 e. The summed E-state index contributed by atoms with van der Waals surface area (Å²) in [4.78, 5) is 29.4. The molecular weight excluding hydrogens is 378 g/mol. The van der Waals surface area contributed by atoms with Crippen LogP contribution in [0.2, 0.25) is 5.02 Å². The number of halogens is 1. The maximum Gasteiger partial charge on any atom is 0.352 e. The third kappa shape index (κ3) is 3.14. The van der Waals surface area contributed by atoms with Gasteiger partial charge in [0.2, 0.25) is 5.91 Å². The summed E-state index contributed by atoms with van der Waals surface area (Å²) < 4.78 is 2.46. The Kier molecular flexibility index (Phi) is 4.39. The summed E-state index contributed by atoms with van der Waals surface area (Å²) in [5.74, 6) is -0.319. The van der Waals surface area contributed by atoms with Crippen molar-refractivity contribution >= 4 is 39.7 Å². The van der Waals surface area contributed by atoms with Gasteiger partial charge in [-0.2, -0.15) is 0 Å². The molecule has 142 valence electrons. The molecule has 0 aliphatic heterocycles. The number of fused-ring (bicyclic) bond motifs is 3. The number of hydrogen-bond acceptors (Lipinski definition) is 4. The van der Waals surface area contributed by atoms with Gasteiger partial charge in [0.1, 0.15) is 12.9 Å². The van der Waals surface area contributed by atoms with Gasteiger partial charge in [0.05, 0.1) is 5.52 Å². The summed E-state index contributed by atoms with van der Waals surface area (Å²) in [6.07, 6.45) is 1.39. The van der Waals surface area contributed by atoms with E-state index in [0.717, 1.165) is 27.1 Å². The molecule has 0 saturated carbocycles. The number of benzene rings is 2. The van der Waals surface area contributed by atoms with E-state index in [1.165, 1.54) is 10.7 Å². The third-order valence-electron chi connectivity index (χ3n) is 4.62. The molecule has 4 rings (SSSR count). The quantitative estimate of drug-likeness (QED) is 0.577. The number of carbonyl (C=O) groups is 1. The lowest BCUT2D eigenvalue weighted by molar-refractivity contribution is -0.117. The molecule has 28 heavy (non-hydrogen) atoms. The van der Waals surface area contributed by atoms with Crippen molar-refractivity contribution in [1.82, 2.24) is 19.2 Å². The molecule has 0 aliphatic rings. The zero-order valence-corrected chi connectivity index (χ0v) is 16.4. The fourth-order valence-corrected chi connectivity index (χ4v) is 3.59. The Balaban J connectivity index is 1.68. The van der Waals surface area contributed by atoms with Crippen molar-refractivity contribution in [3.8, 4) is 0 Å². The third-order valence-corrected chi connectivity index (χ3v) is 4.85. The second-order valence-electron chi connectivity index (χ2n) is 6.86. The Morgan fingerprint density at radius 3 is 2.57 bits per heavy atom. The van der Waals surface area contributed by atoms with Crippen LogP contribution in [0.5, 0.6) is 0 Å². The summed E-state index contributed by atoms with van der Waals surface area (Å²) >= 11 is 6.00. The molecule has 0 unspecified atom stereocenters. The van der Waals surface area contributed by atoms with Crippen molar-refractivity contribution in [2.45, 2.75) is 27.3 Å². The Morgan fingerprint density at radius 1 is 1.14 bits per heavy atom. The molecule has 0 atom stereocenters. The first-order chi connectivity index (χ1) is 13.3. The van der Waals surface area contributed by atoms with Crippen LogP contribution in [-0.4, -0.2) is 25.1 Å². The van der Waals surface area contributed by atoms with Gasteiger partial charge in [-0.15, -0.1) is 5.10 Å². The van der Waals surface area contributed by atoms with Gasteiger partial charge in [-0.1, -0.05) is 29.3 Å². The van der Waals surface area contributed by atoms with Gasteiger partial charge in [-0.3, -0.25) is 4.79 Å². The van der Waals surface area contributed by atoms with Crippen molar-refractivity contribution in [2.24, 2.45) is 0 Å². The molecular formula is C20H18ClN5O2. The van der Waals surface area contributed by atoms with Crippen molar-refractivity contribution in [1.29, 1.82) is 0 Å². The summed E-state index contributed by atoms with van der Waals surface area (Å²) in [5.41, 5.74) is 4.47. The molecule has 0 aliphatic carbocycles. The van der Waals surface area contributed by atoms with Crippen LogP contribution in [0.25, 0.3) is 16.6 Å². The van der Waals surface area contributed by atoms with Crippen molar-refractivity contribution in [2.75, 3.05) is 5.32 Å². The highest BCUT2D eigenvalue weighted by atomic mass is 35.5. The molecule has 0 fully saturated rings. The van der Waals surface area contributed by atoms with E-state index in [1.807, 2.05) is 32.9 Å². The predicted octanol–water partition coefficient (Wildman–Crippen LogP) is 3.26. The van der Waals surface area contributed by atoms with Crippen LogP contribution in [-0.2, 0) is 11.3 Å². The van der Waals surface area contributed by atoms with E-state index in [4.69, 9.17) is 11.6 Å². The lowest BCUT2D eigenvalue weighted by atomic mass is 10.1. The number of anilines is 1. The molecule has 0 saturated heterocycles. The molecule has 4 aromatic rings. The van der Waals surface area contributed by atoms with Gasteiger partial charge in [0.25, 0.3) is 0 Å². The number of aromatic nitrogens is 4. The van der Waals surface area contributed by atoms with Crippen LogP contribution >= 0.6 is 11.6 Å². The van der Waals surface area contributed by atoms with Gasteiger partial charge in [0.15, 0.2) is 5.65 Å². The number of nitrogens with zero attached hydrogens (tertiary/aromatic N) is 4. The van der Waals surface area contributed by atoms with Crippen molar-refractivity contribution in [3.63, 3.8) is 0 Å². The molecule has 2 aromatic heterocycles. The highest BCUT2D eigenvalue weighted by molar-refractivity contribution is 6.31. The van der Waals surface area contributed by atoms with Crippen LogP contribution in [0.4, 0.5) is 5.69 Å². The fraction of sp³-hybridized carbons (Fsp3) is 0.200. The zero-order valence-electron chi connectivity index (χ0n) is 15.7. The fourth-order valence-electron chi connectivity index (χ4n) is 3.42. The van der Waals surface area contributed by atoms with Crippen LogP contribution in [0, 0.1) is 20.8 Å². The summed E-state index contributed by atoms with van der Waals surface area (Å²) in [7, 11) is 0. The van der Waals surface area contributed by atoms with Crippen molar-refractivity contribution < 1.29 is 4.79 Å². The molecule has 1 N–H and O–H groups in total. The molecule has 2 heterocycles. The highest BCUT2D eigenvalue weighted by Gasteiger charge is 2.15. The van der Waals surface area contributed by atoms with Crippen molar-refractivity contribution in [3.05, 3.63) is 68.9 Å². The van der Waals surface area contributed by atoms with Crippen LogP contribution in [0.3, 0.4) is 0 Å². The SMILES string of the molecule is Cc1cc(C)c(NC(=O)Cn2nc3c4ccc(Cl)cc4ncn3c2=O)c(C)c1. The lowest BCUT2D eigenvalue weighted by Crippen LogP contribution is -2.28. The number of nitrogens with one attached hydrogen (secondary N) is 1. The Labute approximate surface area is 165 Å². The van der Waals surface area contributed by atoms with Gasteiger partial charge in [-0.05, 0) is 50.1 Å². The largest absolute Gasteiger partial charge is 0.352 e. The van der Waals surface area contributed by atoms with Gasteiger partial charge < -0.3 is 5.32 Å². The minimum absolute atomic E-state index is 0.192. The first kappa shape index (κ1) is 18.2. The summed E-state index contributed by atoms with van der Waals surface area (Å²) in [6.45, 7) is 5.70. The van der Waals surface area contributed by atoms with Crippen LogP contribution in [0.1, 0.15) is 16.7 Å². The van der Waals surface area contributed by atoms with Crippen LogP contribution in [0.15, 0.2) is 41.5 Å². The maximum atomic E-state index is 12.6. The maximum absolute atomic E-state index is 12.6. The number of rotatable bonds is 3. The first-order valence-electron chi connectivity index (χ1n) is 8.74. The van der Waals surface area contributed by atoms with E-state index in [-0.39, 0.29) is 12.5 Å². The average molecular weight is 396 g/mol. The summed E-state index contributed by atoms with van der Waals surface area (Å²) in [5, 5.41) is 8.46. The number of aryl methyl sites for hydroxylation is 3. The highest BCUT2D eigenvalue weighted by Crippen LogP contribution is 2.22. The van der Waals surface area contributed by atoms with Gasteiger partial charge in [0, 0.05) is 16.1 Å². The standard InChI is InChI=1S/C20H18ClN5O2/c1-11-6-12(2)18(13(3)7-11)23-17(27)9-26-20(28)25-10-22-16-8-14(21)4-5-15(16)19(25)24-26/h4-8,10H,9H2,1-3H3,(H,23,27). The minimum atomic E-state index is -0.424. The molecule has 8 heteroatoms. The number of carbonyl (C=O) groups excluding carboxylic acids is 1. The van der Waals surface area contributed by atoms with E-state index in [9.17, 15) is 9.59 Å². The summed E-state index contributed by atoms with van der Waals surface area (Å²) in [6, 6.07) is 9.18. The molecule has 2 aromatic carbocycles. The van der Waals surface area contributed by atoms with Gasteiger partial charge >= 0.3 is 5.69 Å². The minimum Gasteiger partial charge on any atom is -0.324 e. The molecule has 7 nitrogen and oxygen atoms in total. The monoisotopic (exact) mass is 395 g/mol. The number of amides is 1. The first-order valence-corrected chi connectivity index (χ1v) is 9.12. The second-order valence-corrected chi connectivity index (χ2v) is 7.30. The van der Waals surface area contributed by atoms with E-state index < -0.39 is 5.69 Å². The molecule has 0 bridgehead atoms. The van der Waals surface area contributed by atoms with Gasteiger partial charge in [-0.25, -0.2) is 18.9 Å². The average Bonchev–Trinajstić information content (AvgIpc) is 2.94. The predicted molar refractivity (Wildman–Crippen MR) is 109 cm³/mol. The zero-order chi connectivity index (χ0) is 20.0. The molecule has 0 radical (unpaired) electrons. The van der Waals surface area contributed by atoms with E-state index in [0.29, 0.717) is 21.6 Å². The van der Waals surface area contributed by atoms with E-state index >= 15 is 0 Å². The van der Waals surface area contributed by atoms with E-state index in [2.05, 4.69) is 15.4 Å². The molecule has 0 spiro atoms. The Morgan fingerprint density at radius 2 is 1.86 bits per heavy atom. The van der Waals surface area contributed by atoms with E-state index in [1.54, 1.807) is 18.2 Å². The second kappa shape index (κ2) is 6.76. The topological polar surface area (TPSA) is 81.3 Å². The Hall–Kier alpha value is -3.19. The van der Waals surface area contributed by atoms with Crippen LogP contribution < -0.4 is 11.0 Å².